The first kappa shape index (κ1) is 20.5. The second-order valence-corrected chi connectivity index (χ2v) is 7.90. The SMILES string of the molecule is COc1cc2c3c(c4cc(OC)c(OC)cc4c2cc1OC)CN(Cc1cocn1)CC3. The van der Waals surface area contributed by atoms with E-state index in [9.17, 15) is 0 Å². The molecule has 0 saturated heterocycles. The molecule has 3 aromatic carbocycles. The molecule has 0 atom stereocenters. The van der Waals surface area contributed by atoms with E-state index in [0.29, 0.717) is 11.5 Å². The van der Waals surface area contributed by atoms with E-state index in [1.54, 1.807) is 34.7 Å². The molecule has 0 aliphatic carbocycles. The van der Waals surface area contributed by atoms with Crippen LogP contribution in [-0.2, 0) is 19.5 Å². The molecule has 0 radical (unpaired) electrons. The molecule has 0 unspecified atom stereocenters. The summed E-state index contributed by atoms with van der Waals surface area (Å²) in [7, 11) is 6.66. The van der Waals surface area contributed by atoms with Crippen molar-refractivity contribution < 1.29 is 23.4 Å². The summed E-state index contributed by atoms with van der Waals surface area (Å²) in [5.74, 6) is 2.86. The first-order valence-corrected chi connectivity index (χ1v) is 10.5. The summed E-state index contributed by atoms with van der Waals surface area (Å²) in [6.07, 6.45) is 4.11. The van der Waals surface area contributed by atoms with E-state index in [2.05, 4.69) is 34.1 Å². The summed E-state index contributed by atoms with van der Waals surface area (Å²) in [5.41, 5.74) is 3.55. The molecular weight excluding hydrogens is 408 g/mol. The highest BCUT2D eigenvalue weighted by Gasteiger charge is 2.25. The summed E-state index contributed by atoms with van der Waals surface area (Å²) >= 11 is 0. The Bertz CT molecular complexity index is 1280. The number of oxazole rings is 1. The lowest BCUT2D eigenvalue weighted by molar-refractivity contribution is 0.244. The lowest BCUT2D eigenvalue weighted by Crippen LogP contribution is -2.30. The summed E-state index contributed by atoms with van der Waals surface area (Å²) < 4.78 is 27.6. The van der Waals surface area contributed by atoms with Gasteiger partial charge in [0.2, 0.25) is 0 Å². The van der Waals surface area contributed by atoms with Crippen molar-refractivity contribution in [3.63, 3.8) is 0 Å². The fraction of sp³-hybridized carbons (Fsp3) is 0.320. The second kappa shape index (κ2) is 8.24. The first-order valence-electron chi connectivity index (χ1n) is 10.5. The monoisotopic (exact) mass is 434 g/mol. The first-order chi connectivity index (χ1) is 15.7. The van der Waals surface area contributed by atoms with Crippen LogP contribution < -0.4 is 18.9 Å². The van der Waals surface area contributed by atoms with E-state index in [1.165, 1.54) is 22.9 Å². The van der Waals surface area contributed by atoms with Gasteiger partial charge in [0.1, 0.15) is 6.26 Å². The van der Waals surface area contributed by atoms with Crippen molar-refractivity contribution in [2.24, 2.45) is 0 Å². The zero-order valence-electron chi connectivity index (χ0n) is 18.7. The molecule has 0 bridgehead atoms. The van der Waals surface area contributed by atoms with Gasteiger partial charge >= 0.3 is 0 Å². The molecule has 1 aliphatic heterocycles. The Morgan fingerprint density at radius 3 is 1.81 bits per heavy atom. The minimum Gasteiger partial charge on any atom is -0.493 e. The van der Waals surface area contributed by atoms with Gasteiger partial charge in [-0.05, 0) is 63.4 Å². The number of hydrogen-bond donors (Lipinski definition) is 0. The van der Waals surface area contributed by atoms with E-state index in [0.717, 1.165) is 59.4 Å². The van der Waals surface area contributed by atoms with E-state index in [-0.39, 0.29) is 0 Å². The Balaban J connectivity index is 1.77. The van der Waals surface area contributed by atoms with Crippen LogP contribution in [0.5, 0.6) is 23.0 Å². The molecule has 0 saturated carbocycles. The van der Waals surface area contributed by atoms with Crippen LogP contribution in [0.15, 0.2) is 41.3 Å². The van der Waals surface area contributed by atoms with Gasteiger partial charge in [-0.25, -0.2) is 4.98 Å². The number of methoxy groups -OCH3 is 4. The number of rotatable bonds is 6. The highest BCUT2D eigenvalue weighted by Crippen LogP contribution is 2.44. The molecule has 0 spiro atoms. The van der Waals surface area contributed by atoms with Crippen molar-refractivity contribution in [3.8, 4) is 23.0 Å². The molecule has 1 aliphatic rings. The summed E-state index contributed by atoms with van der Waals surface area (Å²) in [4.78, 5) is 6.69. The average Bonchev–Trinajstić information content (AvgIpc) is 3.35. The van der Waals surface area contributed by atoms with Crippen LogP contribution in [0.4, 0.5) is 0 Å². The van der Waals surface area contributed by atoms with Gasteiger partial charge in [-0.1, -0.05) is 0 Å². The predicted molar refractivity (Wildman–Crippen MR) is 122 cm³/mol. The highest BCUT2D eigenvalue weighted by atomic mass is 16.5. The molecule has 5 rings (SSSR count). The predicted octanol–water partition coefficient (Wildman–Crippen LogP) is 4.57. The lowest BCUT2D eigenvalue weighted by Gasteiger charge is -2.31. The third-order valence-electron chi connectivity index (χ3n) is 6.28. The fourth-order valence-electron chi connectivity index (χ4n) is 4.75. The van der Waals surface area contributed by atoms with Crippen molar-refractivity contribution >= 4 is 21.5 Å². The number of hydrogen-bond acceptors (Lipinski definition) is 7. The highest BCUT2D eigenvalue weighted by molar-refractivity contribution is 6.12. The van der Waals surface area contributed by atoms with Crippen LogP contribution in [0.25, 0.3) is 21.5 Å². The zero-order chi connectivity index (χ0) is 22.2. The number of aromatic nitrogens is 1. The summed E-state index contributed by atoms with van der Waals surface area (Å²) in [6, 6.07) is 8.29. The topological polar surface area (TPSA) is 66.2 Å². The van der Waals surface area contributed by atoms with Crippen LogP contribution >= 0.6 is 0 Å². The quantitative estimate of drug-likeness (QED) is 0.412. The van der Waals surface area contributed by atoms with E-state index in [4.69, 9.17) is 23.4 Å². The van der Waals surface area contributed by atoms with Gasteiger partial charge < -0.3 is 23.4 Å². The number of fused-ring (bicyclic) bond motifs is 6. The minimum atomic E-state index is 0.700. The van der Waals surface area contributed by atoms with Crippen LogP contribution in [-0.4, -0.2) is 44.9 Å². The molecule has 32 heavy (non-hydrogen) atoms. The van der Waals surface area contributed by atoms with Gasteiger partial charge in [0.15, 0.2) is 29.4 Å². The van der Waals surface area contributed by atoms with Crippen molar-refractivity contribution in [1.29, 1.82) is 0 Å². The molecule has 0 fully saturated rings. The van der Waals surface area contributed by atoms with Crippen molar-refractivity contribution in [1.82, 2.24) is 9.88 Å². The molecule has 1 aromatic heterocycles. The summed E-state index contributed by atoms with van der Waals surface area (Å²) in [6.45, 7) is 2.48. The van der Waals surface area contributed by atoms with Gasteiger partial charge in [0, 0.05) is 19.6 Å². The number of benzene rings is 3. The third kappa shape index (κ3) is 3.29. The van der Waals surface area contributed by atoms with Gasteiger partial charge in [0.05, 0.1) is 34.1 Å². The standard InChI is InChI=1S/C25H26N2O5/c1-28-22-7-17-16-5-6-27(11-15-13-32-14-26-15)12-21(16)20-10-25(31-4)24(30-3)9-19(20)18(17)8-23(22)29-2/h7-10,13-14H,5-6,11-12H2,1-4H3. The van der Waals surface area contributed by atoms with Crippen LogP contribution in [0.3, 0.4) is 0 Å². The molecule has 7 nitrogen and oxygen atoms in total. The maximum atomic E-state index is 5.64. The second-order valence-electron chi connectivity index (χ2n) is 7.90. The van der Waals surface area contributed by atoms with Gasteiger partial charge in [0.25, 0.3) is 0 Å². The summed E-state index contributed by atoms with van der Waals surface area (Å²) in [5, 5.41) is 4.55. The Hall–Kier alpha value is -3.45. The van der Waals surface area contributed by atoms with Crippen molar-refractivity contribution in [2.75, 3.05) is 35.0 Å². The smallest absolute Gasteiger partial charge is 0.180 e. The molecule has 0 amide bonds. The van der Waals surface area contributed by atoms with Crippen LogP contribution in [0.1, 0.15) is 16.8 Å². The van der Waals surface area contributed by atoms with E-state index >= 15 is 0 Å². The number of ether oxygens (including phenoxy) is 4. The minimum absolute atomic E-state index is 0.700. The number of nitrogens with zero attached hydrogens (tertiary/aromatic N) is 2. The van der Waals surface area contributed by atoms with Gasteiger partial charge in [-0.15, -0.1) is 0 Å². The van der Waals surface area contributed by atoms with Gasteiger partial charge in [-0.2, -0.15) is 0 Å². The molecule has 166 valence electrons. The van der Waals surface area contributed by atoms with E-state index in [1.807, 2.05) is 0 Å². The van der Waals surface area contributed by atoms with Crippen LogP contribution in [0.2, 0.25) is 0 Å². The van der Waals surface area contributed by atoms with E-state index < -0.39 is 0 Å². The third-order valence-corrected chi connectivity index (χ3v) is 6.28. The van der Waals surface area contributed by atoms with Crippen LogP contribution in [0, 0.1) is 0 Å². The molecule has 4 aromatic rings. The van der Waals surface area contributed by atoms with Gasteiger partial charge in [-0.3, -0.25) is 4.90 Å². The molecular formula is C25H26N2O5. The molecule has 2 heterocycles. The molecule has 0 N–H and O–H groups in total. The van der Waals surface area contributed by atoms with Crippen molar-refractivity contribution in [3.05, 3.63) is 53.7 Å². The Morgan fingerprint density at radius 2 is 1.31 bits per heavy atom. The Kier molecular flexibility index (Phi) is 5.27. The zero-order valence-corrected chi connectivity index (χ0v) is 18.7. The largest absolute Gasteiger partial charge is 0.493 e. The fourth-order valence-corrected chi connectivity index (χ4v) is 4.75. The Labute approximate surface area is 186 Å². The van der Waals surface area contributed by atoms with Crippen molar-refractivity contribution in [2.45, 2.75) is 19.5 Å². The Morgan fingerprint density at radius 1 is 0.781 bits per heavy atom. The normalized spacial score (nSPS) is 13.9. The maximum absolute atomic E-state index is 5.64. The lowest BCUT2D eigenvalue weighted by atomic mass is 9.87. The molecule has 7 heteroatoms. The average molecular weight is 434 g/mol. The maximum Gasteiger partial charge on any atom is 0.180 e.